The van der Waals surface area contributed by atoms with Crippen molar-refractivity contribution in [3.63, 3.8) is 0 Å². The maximum absolute atomic E-state index is 13.9. The van der Waals surface area contributed by atoms with E-state index < -0.39 is 34.8 Å². The molecule has 3 unspecified atom stereocenters. The fraction of sp³-hybridized carbons (Fsp3) is 0.188. The molecule has 2 amide bonds. The van der Waals surface area contributed by atoms with Gasteiger partial charge in [0, 0.05) is 12.1 Å². The highest BCUT2D eigenvalue weighted by Gasteiger charge is 2.60. The van der Waals surface area contributed by atoms with Crippen LogP contribution in [0.2, 0.25) is 0 Å². The average Bonchev–Trinajstić information content (AvgIpc) is 3.53. The molecule has 3 atom stereocenters. The van der Waals surface area contributed by atoms with Gasteiger partial charge in [-0.1, -0.05) is 54.6 Å². The van der Waals surface area contributed by atoms with Gasteiger partial charge in [-0.05, 0) is 54.4 Å². The van der Waals surface area contributed by atoms with E-state index in [9.17, 15) is 19.7 Å². The first-order chi connectivity index (χ1) is 20.5. The summed E-state index contributed by atoms with van der Waals surface area (Å²) in [4.78, 5) is 45.4. The van der Waals surface area contributed by atoms with Gasteiger partial charge < -0.3 is 9.47 Å². The molecule has 0 N–H and O–H groups in total. The maximum Gasteiger partial charge on any atom is 0.269 e. The van der Waals surface area contributed by atoms with Crippen LogP contribution in [0, 0.1) is 16.0 Å². The van der Waals surface area contributed by atoms with E-state index in [1.165, 1.54) is 24.3 Å². The van der Waals surface area contributed by atoms with Gasteiger partial charge in [-0.25, -0.2) is 9.96 Å². The van der Waals surface area contributed by atoms with Gasteiger partial charge in [0.2, 0.25) is 5.91 Å². The molecule has 2 saturated heterocycles. The van der Waals surface area contributed by atoms with E-state index in [1.807, 2.05) is 79.7 Å². The molecule has 4 aromatic carbocycles. The average molecular weight is 566 g/mol. The van der Waals surface area contributed by atoms with Crippen molar-refractivity contribution in [2.24, 2.45) is 5.92 Å². The lowest BCUT2D eigenvalue weighted by Crippen LogP contribution is -2.37. The Balaban J connectivity index is 1.36. The minimum Gasteiger partial charge on any atom is -0.490 e. The monoisotopic (exact) mass is 565 g/mol. The van der Waals surface area contributed by atoms with Crippen LogP contribution in [-0.4, -0.2) is 29.4 Å². The lowest BCUT2D eigenvalue weighted by Gasteiger charge is -2.29. The molecule has 42 heavy (non-hydrogen) atoms. The van der Waals surface area contributed by atoms with Crippen molar-refractivity contribution in [3.8, 4) is 11.5 Å². The van der Waals surface area contributed by atoms with Crippen LogP contribution in [0.25, 0.3) is 0 Å². The standard InChI is InChI=1S/C32H27N3O7/c1-2-40-27-19-22(13-18-26(27)41-20-21-9-5-3-6-10-21)29-28-30(42-34(29)24-11-7-4-8-12-24)32(37)33(31(28)36)23-14-16-25(17-15-23)35(38)39/h3-19,28-30H,2,20H2,1H3. The molecule has 0 spiro atoms. The summed E-state index contributed by atoms with van der Waals surface area (Å²) in [5, 5.41) is 12.7. The number of para-hydroxylation sites is 1. The van der Waals surface area contributed by atoms with Crippen molar-refractivity contribution in [3.05, 3.63) is 124 Å². The summed E-state index contributed by atoms with van der Waals surface area (Å²) in [6.07, 6.45) is -1.08. The second-order valence-corrected chi connectivity index (χ2v) is 9.86. The van der Waals surface area contributed by atoms with Crippen LogP contribution >= 0.6 is 0 Å². The Hall–Kier alpha value is -5.22. The zero-order valence-corrected chi connectivity index (χ0v) is 22.7. The second kappa shape index (κ2) is 11.3. The lowest BCUT2D eigenvalue weighted by molar-refractivity contribution is -0.384. The summed E-state index contributed by atoms with van der Waals surface area (Å²) >= 11 is 0. The first-order valence-corrected chi connectivity index (χ1v) is 13.5. The molecule has 4 aromatic rings. The smallest absolute Gasteiger partial charge is 0.269 e. The predicted octanol–water partition coefficient (Wildman–Crippen LogP) is 5.62. The lowest BCUT2D eigenvalue weighted by atomic mass is 9.90. The number of imide groups is 1. The van der Waals surface area contributed by atoms with E-state index in [-0.39, 0.29) is 11.4 Å². The normalized spacial score (nSPS) is 19.6. The number of nitro benzene ring substituents is 1. The van der Waals surface area contributed by atoms with Gasteiger partial charge in [0.1, 0.15) is 12.5 Å². The number of carbonyl (C=O) groups excluding carboxylic acids is 2. The third-order valence-electron chi connectivity index (χ3n) is 7.29. The Morgan fingerprint density at radius 3 is 2.17 bits per heavy atom. The zero-order chi connectivity index (χ0) is 29.2. The fourth-order valence-electron chi connectivity index (χ4n) is 5.36. The minimum atomic E-state index is -1.08. The molecular weight excluding hydrogens is 538 g/mol. The molecule has 2 aliphatic rings. The number of hydrogen-bond acceptors (Lipinski definition) is 8. The Morgan fingerprint density at radius 1 is 0.810 bits per heavy atom. The first-order valence-electron chi connectivity index (χ1n) is 13.5. The molecule has 2 aliphatic heterocycles. The predicted molar refractivity (Wildman–Crippen MR) is 154 cm³/mol. The number of hydroxylamine groups is 1. The van der Waals surface area contributed by atoms with Crippen molar-refractivity contribution < 1.29 is 28.8 Å². The summed E-state index contributed by atoms with van der Waals surface area (Å²) < 4.78 is 12.0. The number of nitro groups is 1. The summed E-state index contributed by atoms with van der Waals surface area (Å²) in [7, 11) is 0. The number of benzene rings is 4. The quantitative estimate of drug-likeness (QED) is 0.146. The van der Waals surface area contributed by atoms with Crippen molar-refractivity contribution in [1.82, 2.24) is 0 Å². The van der Waals surface area contributed by atoms with Crippen molar-refractivity contribution in [2.75, 3.05) is 16.6 Å². The Labute approximate surface area is 241 Å². The molecule has 10 nitrogen and oxygen atoms in total. The zero-order valence-electron chi connectivity index (χ0n) is 22.7. The molecular formula is C32H27N3O7. The van der Waals surface area contributed by atoms with Gasteiger partial charge in [-0.2, -0.15) is 0 Å². The third-order valence-corrected chi connectivity index (χ3v) is 7.29. The number of amides is 2. The van der Waals surface area contributed by atoms with Gasteiger partial charge in [-0.3, -0.25) is 24.5 Å². The molecule has 2 fully saturated rings. The van der Waals surface area contributed by atoms with Gasteiger partial charge in [0.05, 0.1) is 28.9 Å². The highest BCUT2D eigenvalue weighted by atomic mass is 16.7. The van der Waals surface area contributed by atoms with Crippen LogP contribution < -0.4 is 19.4 Å². The van der Waals surface area contributed by atoms with Crippen LogP contribution in [0.1, 0.15) is 24.1 Å². The van der Waals surface area contributed by atoms with Crippen LogP contribution in [0.3, 0.4) is 0 Å². The van der Waals surface area contributed by atoms with E-state index in [2.05, 4.69) is 0 Å². The fourth-order valence-corrected chi connectivity index (χ4v) is 5.36. The van der Waals surface area contributed by atoms with Gasteiger partial charge in [0.15, 0.2) is 17.6 Å². The Bertz CT molecular complexity index is 1610. The number of carbonyl (C=O) groups is 2. The number of non-ortho nitro benzene ring substituents is 1. The third kappa shape index (κ3) is 4.92. The second-order valence-electron chi connectivity index (χ2n) is 9.86. The molecule has 0 bridgehead atoms. The highest BCUT2D eigenvalue weighted by Crippen LogP contribution is 2.48. The summed E-state index contributed by atoms with van der Waals surface area (Å²) in [6, 6.07) is 29.2. The van der Waals surface area contributed by atoms with E-state index in [1.54, 1.807) is 11.1 Å². The molecule has 212 valence electrons. The summed E-state index contributed by atoms with van der Waals surface area (Å²) in [5.41, 5.74) is 2.50. The Kier molecular flexibility index (Phi) is 7.28. The van der Waals surface area contributed by atoms with Crippen molar-refractivity contribution in [2.45, 2.75) is 25.7 Å². The van der Waals surface area contributed by atoms with Gasteiger partial charge in [0.25, 0.3) is 11.6 Å². The SMILES string of the molecule is CCOc1cc(C2C3C(=O)N(c4ccc([N+](=O)[O-])cc4)C(=O)C3ON2c2ccccc2)ccc1OCc1ccccc1. The number of nitrogens with zero attached hydrogens (tertiary/aromatic N) is 3. The number of rotatable bonds is 9. The maximum atomic E-state index is 13.9. The van der Waals surface area contributed by atoms with Crippen LogP contribution in [-0.2, 0) is 21.0 Å². The topological polar surface area (TPSA) is 111 Å². The van der Waals surface area contributed by atoms with E-state index in [0.717, 1.165) is 10.5 Å². The molecule has 0 radical (unpaired) electrons. The van der Waals surface area contributed by atoms with Crippen LogP contribution in [0.4, 0.5) is 17.1 Å². The molecule has 0 aliphatic carbocycles. The molecule has 6 rings (SSSR count). The van der Waals surface area contributed by atoms with Gasteiger partial charge >= 0.3 is 0 Å². The highest BCUT2D eigenvalue weighted by molar-refractivity contribution is 6.24. The van der Waals surface area contributed by atoms with E-state index >= 15 is 0 Å². The van der Waals surface area contributed by atoms with Crippen molar-refractivity contribution >= 4 is 28.9 Å². The van der Waals surface area contributed by atoms with E-state index in [4.69, 9.17) is 14.3 Å². The molecule has 2 heterocycles. The molecule has 0 aromatic heterocycles. The molecule has 0 saturated carbocycles. The van der Waals surface area contributed by atoms with Crippen LogP contribution in [0.5, 0.6) is 11.5 Å². The molecule has 10 heteroatoms. The number of anilines is 2. The van der Waals surface area contributed by atoms with E-state index in [0.29, 0.717) is 36.0 Å². The summed E-state index contributed by atoms with van der Waals surface area (Å²) in [5.74, 6) is -0.808. The number of fused-ring (bicyclic) bond motifs is 1. The number of hydrogen-bond donors (Lipinski definition) is 0. The largest absolute Gasteiger partial charge is 0.490 e. The number of ether oxygens (including phenoxy) is 2. The summed E-state index contributed by atoms with van der Waals surface area (Å²) in [6.45, 7) is 2.62. The minimum absolute atomic E-state index is 0.138. The van der Waals surface area contributed by atoms with Gasteiger partial charge in [-0.15, -0.1) is 0 Å². The van der Waals surface area contributed by atoms with Crippen LogP contribution in [0.15, 0.2) is 103 Å². The first kappa shape index (κ1) is 27.0. The van der Waals surface area contributed by atoms with Crippen molar-refractivity contribution in [1.29, 1.82) is 0 Å². The Morgan fingerprint density at radius 2 is 1.50 bits per heavy atom.